The van der Waals surface area contributed by atoms with Crippen molar-refractivity contribution in [2.75, 3.05) is 24.3 Å². The predicted molar refractivity (Wildman–Crippen MR) is 80.1 cm³/mol. The zero-order valence-electron chi connectivity index (χ0n) is 10.4. The molecule has 2 aromatic rings. The molecule has 100 valence electrons. The lowest BCUT2D eigenvalue weighted by molar-refractivity contribution is 0.102. The van der Waals surface area contributed by atoms with Gasteiger partial charge >= 0.3 is 0 Å². The molecular formula is C13H12BrClN2O2. The van der Waals surface area contributed by atoms with E-state index in [1.165, 1.54) is 6.26 Å². The van der Waals surface area contributed by atoms with Gasteiger partial charge in [0.25, 0.3) is 5.91 Å². The highest BCUT2D eigenvalue weighted by Crippen LogP contribution is 2.33. The van der Waals surface area contributed by atoms with Crippen LogP contribution >= 0.6 is 27.5 Å². The van der Waals surface area contributed by atoms with Crippen LogP contribution in [-0.2, 0) is 0 Å². The average molecular weight is 344 g/mol. The Morgan fingerprint density at radius 3 is 2.68 bits per heavy atom. The second-order valence-corrected chi connectivity index (χ2v) is 5.22. The molecule has 0 bridgehead atoms. The highest BCUT2D eigenvalue weighted by Gasteiger charge is 2.16. The molecular weight excluding hydrogens is 332 g/mol. The number of amides is 1. The van der Waals surface area contributed by atoms with Gasteiger partial charge in [-0.05, 0) is 34.1 Å². The molecule has 1 heterocycles. The van der Waals surface area contributed by atoms with Crippen molar-refractivity contribution in [3.63, 3.8) is 0 Å². The minimum absolute atomic E-state index is 0.258. The summed E-state index contributed by atoms with van der Waals surface area (Å²) in [7, 11) is 3.73. The van der Waals surface area contributed by atoms with E-state index in [0.29, 0.717) is 20.9 Å². The minimum Gasteiger partial charge on any atom is -0.457 e. The quantitative estimate of drug-likeness (QED) is 0.915. The van der Waals surface area contributed by atoms with Crippen molar-refractivity contribution in [1.29, 1.82) is 0 Å². The first kappa shape index (κ1) is 14.0. The normalized spacial score (nSPS) is 10.3. The van der Waals surface area contributed by atoms with E-state index in [1.807, 2.05) is 19.0 Å². The summed E-state index contributed by atoms with van der Waals surface area (Å²) in [6.45, 7) is 0. The van der Waals surface area contributed by atoms with E-state index in [-0.39, 0.29) is 5.91 Å². The molecule has 0 spiro atoms. The zero-order chi connectivity index (χ0) is 14.0. The first-order chi connectivity index (χ1) is 9.00. The number of nitrogens with one attached hydrogen (secondary N) is 1. The van der Waals surface area contributed by atoms with E-state index >= 15 is 0 Å². The molecule has 0 radical (unpaired) electrons. The Labute approximate surface area is 124 Å². The van der Waals surface area contributed by atoms with E-state index in [4.69, 9.17) is 16.0 Å². The van der Waals surface area contributed by atoms with Crippen molar-refractivity contribution in [2.45, 2.75) is 0 Å². The Morgan fingerprint density at radius 2 is 2.11 bits per heavy atom. The number of anilines is 2. The molecule has 0 atom stereocenters. The first-order valence-electron chi connectivity index (χ1n) is 5.51. The largest absolute Gasteiger partial charge is 0.457 e. The van der Waals surface area contributed by atoms with Crippen molar-refractivity contribution in [3.05, 3.63) is 45.8 Å². The first-order valence-corrected chi connectivity index (χ1v) is 6.68. The molecule has 19 heavy (non-hydrogen) atoms. The molecule has 2 rings (SSSR count). The predicted octanol–water partition coefficient (Wildman–Crippen LogP) is 4.01. The van der Waals surface area contributed by atoms with Crippen LogP contribution in [-0.4, -0.2) is 20.0 Å². The Balaban J connectivity index is 2.32. The van der Waals surface area contributed by atoms with Gasteiger partial charge in [0.15, 0.2) is 4.67 Å². The van der Waals surface area contributed by atoms with Gasteiger partial charge in [-0.2, -0.15) is 0 Å². The van der Waals surface area contributed by atoms with Crippen LogP contribution in [0.5, 0.6) is 0 Å². The number of halogens is 2. The molecule has 1 aromatic carbocycles. The van der Waals surface area contributed by atoms with E-state index < -0.39 is 0 Å². The lowest BCUT2D eigenvalue weighted by Gasteiger charge is -2.19. The monoisotopic (exact) mass is 342 g/mol. The van der Waals surface area contributed by atoms with E-state index in [9.17, 15) is 4.79 Å². The average Bonchev–Trinajstić information content (AvgIpc) is 2.75. The summed E-state index contributed by atoms with van der Waals surface area (Å²) >= 11 is 9.32. The van der Waals surface area contributed by atoms with E-state index in [1.54, 1.807) is 24.3 Å². The molecule has 0 saturated carbocycles. The van der Waals surface area contributed by atoms with Crippen LogP contribution < -0.4 is 10.2 Å². The van der Waals surface area contributed by atoms with Crippen LogP contribution in [0.4, 0.5) is 11.4 Å². The van der Waals surface area contributed by atoms with Crippen molar-refractivity contribution >= 4 is 44.8 Å². The molecule has 0 aliphatic rings. The second-order valence-electron chi connectivity index (χ2n) is 4.09. The third-order valence-corrected chi connectivity index (χ3v) is 3.46. The van der Waals surface area contributed by atoms with Crippen molar-refractivity contribution < 1.29 is 9.21 Å². The number of carbonyl (C=O) groups excluding carboxylic acids is 1. The molecule has 4 nitrogen and oxygen atoms in total. The van der Waals surface area contributed by atoms with Crippen molar-refractivity contribution in [2.24, 2.45) is 0 Å². The van der Waals surface area contributed by atoms with Crippen molar-refractivity contribution in [1.82, 2.24) is 0 Å². The third kappa shape index (κ3) is 2.93. The molecule has 0 saturated heterocycles. The Morgan fingerprint density at radius 1 is 1.37 bits per heavy atom. The Kier molecular flexibility index (Phi) is 4.17. The van der Waals surface area contributed by atoms with Crippen LogP contribution in [0.25, 0.3) is 0 Å². The van der Waals surface area contributed by atoms with Gasteiger partial charge in [-0.25, -0.2) is 0 Å². The molecule has 1 N–H and O–H groups in total. The number of benzene rings is 1. The van der Waals surface area contributed by atoms with Crippen LogP contribution in [0.2, 0.25) is 5.02 Å². The SMILES string of the molecule is CN(C)c1c(Cl)cccc1NC(=O)c1ccoc1Br. The summed E-state index contributed by atoms with van der Waals surface area (Å²) < 4.78 is 5.45. The number of furan rings is 1. The van der Waals surface area contributed by atoms with Crippen LogP contribution in [0.15, 0.2) is 39.6 Å². The summed E-state index contributed by atoms with van der Waals surface area (Å²) in [6, 6.07) is 6.96. The van der Waals surface area contributed by atoms with Crippen LogP contribution in [0.1, 0.15) is 10.4 Å². The second kappa shape index (κ2) is 5.67. The van der Waals surface area contributed by atoms with Gasteiger partial charge in [0.2, 0.25) is 0 Å². The standard InChI is InChI=1S/C13H12BrClN2O2/c1-17(2)11-9(15)4-3-5-10(11)16-13(18)8-6-7-19-12(8)14/h3-7H,1-2H3,(H,16,18). The number of hydrogen-bond donors (Lipinski definition) is 1. The molecule has 0 aliphatic carbocycles. The summed E-state index contributed by atoms with van der Waals surface area (Å²) in [4.78, 5) is 14.0. The van der Waals surface area contributed by atoms with Gasteiger partial charge in [0.05, 0.1) is 28.2 Å². The summed E-state index contributed by atoms with van der Waals surface area (Å²) in [5.74, 6) is -0.258. The summed E-state index contributed by atoms with van der Waals surface area (Å²) in [5.41, 5.74) is 1.84. The molecule has 0 aliphatic heterocycles. The molecule has 6 heteroatoms. The number of nitrogens with zero attached hydrogens (tertiary/aromatic N) is 1. The lowest BCUT2D eigenvalue weighted by atomic mass is 10.2. The van der Waals surface area contributed by atoms with Gasteiger partial charge in [0.1, 0.15) is 0 Å². The van der Waals surface area contributed by atoms with E-state index in [0.717, 1.165) is 5.69 Å². The van der Waals surface area contributed by atoms with Gasteiger partial charge in [-0.1, -0.05) is 17.7 Å². The summed E-state index contributed by atoms with van der Waals surface area (Å²) in [6.07, 6.45) is 1.45. The highest BCUT2D eigenvalue weighted by atomic mass is 79.9. The fourth-order valence-corrected chi connectivity index (χ4v) is 2.48. The third-order valence-electron chi connectivity index (χ3n) is 2.54. The van der Waals surface area contributed by atoms with Crippen molar-refractivity contribution in [3.8, 4) is 0 Å². The van der Waals surface area contributed by atoms with Crippen LogP contribution in [0.3, 0.4) is 0 Å². The Hall–Kier alpha value is -1.46. The fourth-order valence-electron chi connectivity index (χ4n) is 1.72. The minimum atomic E-state index is -0.258. The lowest BCUT2D eigenvalue weighted by Crippen LogP contribution is -2.17. The van der Waals surface area contributed by atoms with Gasteiger partial charge in [-0.15, -0.1) is 0 Å². The number of rotatable bonds is 3. The molecule has 1 aromatic heterocycles. The highest BCUT2D eigenvalue weighted by molar-refractivity contribution is 9.10. The number of para-hydroxylation sites is 1. The van der Waals surface area contributed by atoms with E-state index in [2.05, 4.69) is 21.2 Å². The fraction of sp³-hybridized carbons (Fsp3) is 0.154. The maximum absolute atomic E-state index is 12.1. The zero-order valence-corrected chi connectivity index (χ0v) is 12.7. The molecule has 1 amide bonds. The van der Waals surface area contributed by atoms with Gasteiger partial charge in [-0.3, -0.25) is 4.79 Å². The topological polar surface area (TPSA) is 45.5 Å². The Bertz CT molecular complexity index is 610. The van der Waals surface area contributed by atoms with Crippen LogP contribution in [0, 0.1) is 0 Å². The number of carbonyl (C=O) groups is 1. The van der Waals surface area contributed by atoms with Gasteiger partial charge in [0, 0.05) is 14.1 Å². The smallest absolute Gasteiger partial charge is 0.260 e. The summed E-state index contributed by atoms with van der Waals surface area (Å²) in [5, 5.41) is 3.40. The molecule has 0 fully saturated rings. The van der Waals surface area contributed by atoms with Gasteiger partial charge < -0.3 is 14.6 Å². The maximum Gasteiger partial charge on any atom is 0.260 e. The molecule has 0 unspecified atom stereocenters. The maximum atomic E-state index is 12.1. The number of hydrogen-bond acceptors (Lipinski definition) is 3.